The van der Waals surface area contributed by atoms with Crippen LogP contribution in [0.25, 0.3) is 0 Å². The second kappa shape index (κ2) is 9.19. The van der Waals surface area contributed by atoms with E-state index in [1.165, 1.54) is 0 Å². The average Bonchev–Trinajstić information content (AvgIpc) is 2.62. The van der Waals surface area contributed by atoms with Gasteiger partial charge in [0, 0.05) is 55.0 Å². The van der Waals surface area contributed by atoms with E-state index in [0.29, 0.717) is 48.0 Å². The fraction of sp³-hybridized carbons (Fsp3) is 0.529. The highest BCUT2D eigenvalue weighted by Crippen LogP contribution is 2.22. The van der Waals surface area contributed by atoms with Crippen LogP contribution in [0, 0.1) is 0 Å². The Kier molecular flexibility index (Phi) is 6.94. The van der Waals surface area contributed by atoms with Crippen LogP contribution in [-0.4, -0.2) is 84.7 Å². The predicted molar refractivity (Wildman–Crippen MR) is 108 cm³/mol. The van der Waals surface area contributed by atoms with Crippen molar-refractivity contribution in [2.75, 3.05) is 64.3 Å². The summed E-state index contributed by atoms with van der Waals surface area (Å²) < 4.78 is 5.29. The molecule has 1 aromatic carbocycles. The Bertz CT molecular complexity index is 642. The molecule has 0 atom stereocenters. The normalized spacial score (nSPS) is 18.7. The maximum atomic E-state index is 12.3. The van der Waals surface area contributed by atoms with Gasteiger partial charge < -0.3 is 19.9 Å². The number of hydrogen-bond donors (Lipinski definition) is 1. The van der Waals surface area contributed by atoms with Gasteiger partial charge in [-0.05, 0) is 30.4 Å². The van der Waals surface area contributed by atoms with Gasteiger partial charge in [-0.2, -0.15) is 0 Å². The molecule has 2 heterocycles. The van der Waals surface area contributed by atoms with Crippen LogP contribution >= 0.6 is 35.4 Å². The van der Waals surface area contributed by atoms with Crippen molar-refractivity contribution in [3.63, 3.8) is 0 Å². The molecular formula is C17H22Cl2N4O2S. The monoisotopic (exact) mass is 416 g/mol. The average molecular weight is 417 g/mol. The highest BCUT2D eigenvalue weighted by Gasteiger charge is 2.23. The van der Waals surface area contributed by atoms with Crippen LogP contribution in [0.5, 0.6) is 0 Å². The molecule has 142 valence electrons. The van der Waals surface area contributed by atoms with Gasteiger partial charge in [0.1, 0.15) is 0 Å². The molecule has 0 radical (unpaired) electrons. The number of ether oxygens (including phenoxy) is 1. The van der Waals surface area contributed by atoms with E-state index in [1.807, 2.05) is 4.90 Å². The molecule has 2 saturated heterocycles. The lowest BCUT2D eigenvalue weighted by atomic mass is 10.3. The van der Waals surface area contributed by atoms with Crippen LogP contribution in [0.4, 0.5) is 5.69 Å². The first kappa shape index (κ1) is 19.6. The van der Waals surface area contributed by atoms with E-state index in [-0.39, 0.29) is 5.91 Å². The number of piperazine rings is 1. The number of thiocarbonyl (C=S) groups is 1. The largest absolute Gasteiger partial charge is 0.378 e. The molecule has 26 heavy (non-hydrogen) atoms. The first-order valence-corrected chi connectivity index (χ1v) is 9.77. The highest BCUT2D eigenvalue weighted by atomic mass is 35.5. The zero-order valence-electron chi connectivity index (χ0n) is 14.4. The number of benzene rings is 1. The lowest BCUT2D eigenvalue weighted by molar-refractivity contribution is -0.136. The van der Waals surface area contributed by atoms with Crippen LogP contribution in [-0.2, 0) is 9.53 Å². The summed E-state index contributed by atoms with van der Waals surface area (Å²) in [5, 5.41) is 4.95. The molecule has 6 nitrogen and oxygen atoms in total. The van der Waals surface area contributed by atoms with Crippen LogP contribution < -0.4 is 5.32 Å². The number of carbonyl (C=O) groups is 1. The lowest BCUT2D eigenvalue weighted by Crippen LogP contribution is -2.53. The number of rotatable bonds is 3. The van der Waals surface area contributed by atoms with Crippen molar-refractivity contribution >= 4 is 52.1 Å². The molecule has 1 amide bonds. The van der Waals surface area contributed by atoms with Crippen LogP contribution in [0.2, 0.25) is 10.0 Å². The van der Waals surface area contributed by atoms with E-state index >= 15 is 0 Å². The van der Waals surface area contributed by atoms with Crippen LogP contribution in [0.1, 0.15) is 0 Å². The minimum Gasteiger partial charge on any atom is -0.378 e. The molecule has 0 aromatic heterocycles. The molecule has 0 saturated carbocycles. The summed E-state index contributed by atoms with van der Waals surface area (Å²) in [5.74, 6) is 0.177. The smallest absolute Gasteiger partial charge is 0.236 e. The Morgan fingerprint density at radius 2 is 1.62 bits per heavy atom. The van der Waals surface area contributed by atoms with Crippen molar-refractivity contribution in [3.05, 3.63) is 28.2 Å². The second-order valence-corrected chi connectivity index (χ2v) is 7.60. The number of morpholine rings is 1. The lowest BCUT2D eigenvalue weighted by Gasteiger charge is -2.37. The molecule has 0 aliphatic carbocycles. The number of hydrogen-bond acceptors (Lipinski definition) is 4. The van der Waals surface area contributed by atoms with Gasteiger partial charge >= 0.3 is 0 Å². The van der Waals surface area contributed by atoms with E-state index in [0.717, 1.165) is 31.9 Å². The highest BCUT2D eigenvalue weighted by molar-refractivity contribution is 7.80. The molecule has 1 aromatic rings. The van der Waals surface area contributed by atoms with Gasteiger partial charge in [0.25, 0.3) is 0 Å². The van der Waals surface area contributed by atoms with E-state index in [2.05, 4.69) is 15.1 Å². The third kappa shape index (κ3) is 5.44. The summed E-state index contributed by atoms with van der Waals surface area (Å²) in [6, 6.07) is 5.26. The topological polar surface area (TPSA) is 48.1 Å². The van der Waals surface area contributed by atoms with Gasteiger partial charge in [0.15, 0.2) is 5.11 Å². The molecule has 2 aliphatic heterocycles. The van der Waals surface area contributed by atoms with Crippen molar-refractivity contribution in [1.82, 2.24) is 14.7 Å². The predicted octanol–water partition coefficient (Wildman–Crippen LogP) is 2.17. The third-order valence-corrected chi connectivity index (χ3v) is 5.29. The zero-order valence-corrected chi connectivity index (χ0v) is 16.7. The first-order valence-electron chi connectivity index (χ1n) is 8.61. The van der Waals surface area contributed by atoms with E-state index in [1.54, 1.807) is 18.2 Å². The molecule has 3 rings (SSSR count). The third-order valence-electron chi connectivity index (χ3n) is 4.50. The fourth-order valence-corrected chi connectivity index (χ4v) is 3.87. The van der Waals surface area contributed by atoms with E-state index in [9.17, 15) is 4.79 Å². The molecule has 0 spiro atoms. The number of halogens is 2. The quantitative estimate of drug-likeness (QED) is 0.761. The van der Waals surface area contributed by atoms with Crippen LogP contribution in [0.15, 0.2) is 18.2 Å². The number of nitrogens with one attached hydrogen (secondary N) is 1. The molecule has 9 heteroatoms. The molecule has 2 fully saturated rings. The summed E-state index contributed by atoms with van der Waals surface area (Å²) in [4.78, 5) is 18.5. The second-order valence-electron chi connectivity index (χ2n) is 6.34. The summed E-state index contributed by atoms with van der Waals surface area (Å²) in [7, 11) is 0. The maximum absolute atomic E-state index is 12.3. The van der Waals surface area contributed by atoms with Gasteiger partial charge in [-0.3, -0.25) is 9.69 Å². The molecule has 0 bridgehead atoms. The Morgan fingerprint density at radius 1 is 1.00 bits per heavy atom. The van der Waals surface area contributed by atoms with E-state index in [4.69, 9.17) is 40.2 Å². The van der Waals surface area contributed by atoms with Gasteiger partial charge in [-0.1, -0.05) is 23.2 Å². The fourth-order valence-electron chi connectivity index (χ4n) is 3.04. The summed E-state index contributed by atoms with van der Waals surface area (Å²) in [6.45, 7) is 6.25. The van der Waals surface area contributed by atoms with Crippen molar-refractivity contribution in [1.29, 1.82) is 0 Å². The van der Waals surface area contributed by atoms with Gasteiger partial charge in [0.05, 0.1) is 19.8 Å². The number of anilines is 1. The van der Waals surface area contributed by atoms with Gasteiger partial charge in [-0.15, -0.1) is 0 Å². The van der Waals surface area contributed by atoms with Crippen LogP contribution in [0.3, 0.4) is 0 Å². The van der Waals surface area contributed by atoms with E-state index < -0.39 is 0 Å². The first-order chi connectivity index (χ1) is 12.5. The van der Waals surface area contributed by atoms with Gasteiger partial charge in [-0.25, -0.2) is 0 Å². The number of carbonyl (C=O) groups excluding carboxylic acids is 1. The SMILES string of the molecule is O=C(CN1CCN(C(=S)Nc2cc(Cl)cc(Cl)c2)CC1)N1CCOCC1. The van der Waals surface area contributed by atoms with Crippen molar-refractivity contribution in [2.24, 2.45) is 0 Å². The summed E-state index contributed by atoms with van der Waals surface area (Å²) >= 11 is 17.5. The number of nitrogens with zero attached hydrogens (tertiary/aromatic N) is 3. The summed E-state index contributed by atoms with van der Waals surface area (Å²) in [6.07, 6.45) is 0. The Morgan fingerprint density at radius 3 is 2.23 bits per heavy atom. The minimum atomic E-state index is 0.177. The molecule has 0 unspecified atom stereocenters. The van der Waals surface area contributed by atoms with Crippen molar-refractivity contribution in [3.8, 4) is 0 Å². The summed E-state index contributed by atoms with van der Waals surface area (Å²) in [5.41, 5.74) is 0.775. The Hall–Kier alpha value is -1.12. The number of amides is 1. The standard InChI is InChI=1S/C17H22Cl2N4O2S/c18-13-9-14(19)11-15(10-13)20-17(26)23-3-1-21(2-4-23)12-16(24)22-5-7-25-8-6-22/h9-11H,1-8,12H2,(H,20,26). The Balaban J connectivity index is 1.45. The minimum absolute atomic E-state index is 0.177. The molecule has 1 N–H and O–H groups in total. The Labute approximate surface area is 169 Å². The molecule has 2 aliphatic rings. The zero-order chi connectivity index (χ0) is 18.5. The maximum Gasteiger partial charge on any atom is 0.236 e. The molecular weight excluding hydrogens is 395 g/mol. The van der Waals surface area contributed by atoms with Crippen molar-refractivity contribution < 1.29 is 9.53 Å². The van der Waals surface area contributed by atoms with Crippen molar-refractivity contribution in [2.45, 2.75) is 0 Å². The van der Waals surface area contributed by atoms with Gasteiger partial charge in [0.2, 0.25) is 5.91 Å².